The van der Waals surface area contributed by atoms with Crippen LogP contribution in [0.25, 0.3) is 0 Å². The summed E-state index contributed by atoms with van der Waals surface area (Å²) in [4.78, 5) is 11.9. The molecule has 2 aliphatic rings. The Morgan fingerprint density at radius 1 is 1.00 bits per heavy atom. The Balaban J connectivity index is 1.61. The molecule has 2 N–H and O–H groups in total. The lowest BCUT2D eigenvalue weighted by molar-refractivity contribution is -0.125. The third-order valence-corrected chi connectivity index (χ3v) is 5.81. The average Bonchev–Trinajstić information content (AvgIpc) is 2.37. The number of sulfonamides is 1. The summed E-state index contributed by atoms with van der Waals surface area (Å²) >= 11 is 0. The van der Waals surface area contributed by atoms with Crippen LogP contribution in [0.2, 0.25) is 0 Å². The Hall–Kier alpha value is -0.620. The molecule has 6 heteroatoms. The van der Waals surface area contributed by atoms with E-state index < -0.39 is 10.0 Å². The lowest BCUT2D eigenvalue weighted by atomic mass is 9.86. The van der Waals surface area contributed by atoms with E-state index in [1.165, 1.54) is 12.8 Å². The molecule has 0 spiro atoms. The van der Waals surface area contributed by atoms with Crippen LogP contribution in [0.4, 0.5) is 0 Å². The van der Waals surface area contributed by atoms with E-state index >= 15 is 0 Å². The number of carbonyl (C=O) groups excluding carboxylic acids is 1. The first-order valence-corrected chi connectivity index (χ1v) is 9.47. The van der Waals surface area contributed by atoms with Gasteiger partial charge in [0, 0.05) is 19.0 Å². The fourth-order valence-corrected chi connectivity index (χ4v) is 3.84. The molecule has 0 heterocycles. The average molecular weight is 302 g/mol. The number of rotatable bonds is 7. The molecule has 0 bridgehead atoms. The summed E-state index contributed by atoms with van der Waals surface area (Å²) in [6.07, 6.45) is 8.78. The summed E-state index contributed by atoms with van der Waals surface area (Å²) in [5, 5.41) is 2.77. The highest BCUT2D eigenvalue weighted by Crippen LogP contribution is 2.25. The molecule has 5 nitrogen and oxygen atoms in total. The first kappa shape index (κ1) is 15.8. The van der Waals surface area contributed by atoms with Crippen molar-refractivity contribution in [1.29, 1.82) is 0 Å². The number of hydrogen-bond donors (Lipinski definition) is 2. The molecule has 0 aromatic rings. The van der Waals surface area contributed by atoms with Crippen LogP contribution in [0.15, 0.2) is 0 Å². The molecule has 0 radical (unpaired) electrons. The van der Waals surface area contributed by atoms with Gasteiger partial charge in [0.1, 0.15) is 0 Å². The third kappa shape index (κ3) is 5.05. The van der Waals surface area contributed by atoms with E-state index in [0.29, 0.717) is 12.5 Å². The molecule has 0 atom stereocenters. The minimum atomic E-state index is -3.24. The van der Waals surface area contributed by atoms with Crippen molar-refractivity contribution in [3.63, 3.8) is 0 Å². The third-order valence-electron chi connectivity index (χ3n) is 4.46. The zero-order valence-corrected chi connectivity index (χ0v) is 12.9. The van der Waals surface area contributed by atoms with Crippen molar-refractivity contribution in [2.45, 2.75) is 51.4 Å². The summed E-state index contributed by atoms with van der Waals surface area (Å²) in [5.74, 6) is 0.618. The fraction of sp³-hybridized carbons (Fsp3) is 0.929. The summed E-state index contributed by atoms with van der Waals surface area (Å²) in [6, 6.07) is 0. The van der Waals surface area contributed by atoms with Crippen LogP contribution in [0, 0.1) is 11.8 Å². The molecule has 2 rings (SSSR count). The van der Waals surface area contributed by atoms with Crippen molar-refractivity contribution in [3.8, 4) is 0 Å². The quantitative estimate of drug-likeness (QED) is 0.746. The predicted molar refractivity (Wildman–Crippen MR) is 78.7 cm³/mol. The standard InChI is InChI=1S/C14H26N2O3S/c17-14(13-7-2-1-3-8-13)15-9-10-20(18,19)16-11-12-5-4-6-12/h12-13,16H,1-11H2,(H,15,17). The molecule has 20 heavy (non-hydrogen) atoms. The van der Waals surface area contributed by atoms with Crippen LogP contribution in [0.5, 0.6) is 0 Å². The fourth-order valence-electron chi connectivity index (χ4n) is 2.83. The van der Waals surface area contributed by atoms with E-state index in [1.54, 1.807) is 0 Å². The van der Waals surface area contributed by atoms with Crippen molar-refractivity contribution in [2.24, 2.45) is 11.8 Å². The number of carbonyl (C=O) groups is 1. The van der Waals surface area contributed by atoms with E-state index in [0.717, 1.165) is 38.5 Å². The second-order valence-electron chi connectivity index (χ2n) is 6.09. The van der Waals surface area contributed by atoms with Gasteiger partial charge < -0.3 is 5.32 Å². The lowest BCUT2D eigenvalue weighted by Gasteiger charge is -2.25. The molecule has 0 unspecified atom stereocenters. The molecular formula is C14H26N2O3S. The predicted octanol–water partition coefficient (Wildman–Crippen LogP) is 1.40. The first-order chi connectivity index (χ1) is 9.57. The van der Waals surface area contributed by atoms with Gasteiger partial charge in [-0.05, 0) is 31.6 Å². The summed E-state index contributed by atoms with van der Waals surface area (Å²) < 4.78 is 26.2. The van der Waals surface area contributed by atoms with Crippen molar-refractivity contribution < 1.29 is 13.2 Å². The van der Waals surface area contributed by atoms with Gasteiger partial charge >= 0.3 is 0 Å². The molecule has 0 aliphatic heterocycles. The summed E-state index contributed by atoms with van der Waals surface area (Å²) in [5.41, 5.74) is 0. The maximum absolute atomic E-state index is 11.9. The Morgan fingerprint density at radius 2 is 1.70 bits per heavy atom. The van der Waals surface area contributed by atoms with Gasteiger partial charge in [-0.1, -0.05) is 25.7 Å². The Bertz CT molecular complexity index is 412. The molecule has 0 aromatic carbocycles. The Kier molecular flexibility index (Phi) is 5.84. The van der Waals surface area contributed by atoms with Crippen LogP contribution in [0.1, 0.15) is 51.4 Å². The number of amides is 1. The maximum atomic E-state index is 11.9. The zero-order valence-electron chi connectivity index (χ0n) is 12.1. The highest BCUT2D eigenvalue weighted by atomic mass is 32.2. The van der Waals surface area contributed by atoms with E-state index in [2.05, 4.69) is 10.0 Å². The highest BCUT2D eigenvalue weighted by molar-refractivity contribution is 7.89. The highest BCUT2D eigenvalue weighted by Gasteiger charge is 2.22. The van der Waals surface area contributed by atoms with Gasteiger partial charge in [0.2, 0.25) is 15.9 Å². The van der Waals surface area contributed by atoms with E-state index in [4.69, 9.17) is 0 Å². The van der Waals surface area contributed by atoms with Gasteiger partial charge in [-0.3, -0.25) is 4.79 Å². The smallest absolute Gasteiger partial charge is 0.223 e. The van der Waals surface area contributed by atoms with Gasteiger partial charge in [-0.25, -0.2) is 13.1 Å². The minimum absolute atomic E-state index is 0.0157. The van der Waals surface area contributed by atoms with Gasteiger partial charge in [-0.15, -0.1) is 0 Å². The van der Waals surface area contributed by atoms with Crippen LogP contribution in [-0.4, -0.2) is 33.2 Å². The van der Waals surface area contributed by atoms with Crippen LogP contribution >= 0.6 is 0 Å². The topological polar surface area (TPSA) is 75.3 Å². The molecule has 2 fully saturated rings. The monoisotopic (exact) mass is 302 g/mol. The van der Waals surface area contributed by atoms with Gasteiger partial charge in [0.15, 0.2) is 0 Å². The molecular weight excluding hydrogens is 276 g/mol. The zero-order chi connectivity index (χ0) is 14.4. The van der Waals surface area contributed by atoms with Gasteiger partial charge in [0.05, 0.1) is 5.75 Å². The number of hydrogen-bond acceptors (Lipinski definition) is 3. The molecule has 0 saturated heterocycles. The van der Waals surface area contributed by atoms with Crippen molar-refractivity contribution >= 4 is 15.9 Å². The minimum Gasteiger partial charge on any atom is -0.355 e. The summed E-state index contributed by atoms with van der Waals surface area (Å²) in [6.45, 7) is 0.772. The SMILES string of the molecule is O=C(NCCS(=O)(=O)NCC1CCC1)C1CCCCC1. The molecule has 2 aliphatic carbocycles. The summed E-state index contributed by atoms with van der Waals surface area (Å²) in [7, 11) is -3.24. The van der Waals surface area contributed by atoms with Crippen LogP contribution < -0.4 is 10.0 Å². The number of nitrogens with one attached hydrogen (secondary N) is 2. The maximum Gasteiger partial charge on any atom is 0.223 e. The van der Waals surface area contributed by atoms with E-state index in [1.807, 2.05) is 0 Å². The molecule has 1 amide bonds. The first-order valence-electron chi connectivity index (χ1n) is 7.82. The van der Waals surface area contributed by atoms with E-state index in [-0.39, 0.29) is 24.1 Å². The van der Waals surface area contributed by atoms with Gasteiger partial charge in [0.25, 0.3) is 0 Å². The van der Waals surface area contributed by atoms with Crippen LogP contribution in [0.3, 0.4) is 0 Å². The van der Waals surface area contributed by atoms with Crippen molar-refractivity contribution in [3.05, 3.63) is 0 Å². The molecule has 2 saturated carbocycles. The lowest BCUT2D eigenvalue weighted by Crippen LogP contribution is -2.39. The van der Waals surface area contributed by atoms with Gasteiger partial charge in [-0.2, -0.15) is 0 Å². The molecule has 116 valence electrons. The van der Waals surface area contributed by atoms with Crippen molar-refractivity contribution in [2.75, 3.05) is 18.8 Å². The normalized spacial score (nSPS) is 21.4. The molecule has 0 aromatic heterocycles. The Labute approximate surface area is 121 Å². The van der Waals surface area contributed by atoms with E-state index in [9.17, 15) is 13.2 Å². The second kappa shape index (κ2) is 7.41. The van der Waals surface area contributed by atoms with Crippen molar-refractivity contribution in [1.82, 2.24) is 10.0 Å². The Morgan fingerprint density at radius 3 is 2.30 bits per heavy atom. The largest absolute Gasteiger partial charge is 0.355 e. The second-order valence-corrected chi connectivity index (χ2v) is 8.02. The van der Waals surface area contributed by atoms with Crippen LogP contribution in [-0.2, 0) is 14.8 Å².